The Hall–Kier alpha value is -2.77. The van der Waals surface area contributed by atoms with Crippen molar-refractivity contribution in [2.75, 3.05) is 4.72 Å². The van der Waals surface area contributed by atoms with Gasteiger partial charge in [-0.05, 0) is 17.7 Å². The summed E-state index contributed by atoms with van der Waals surface area (Å²) in [5.41, 5.74) is -0.0773. The van der Waals surface area contributed by atoms with Crippen LogP contribution in [0.5, 0.6) is 0 Å². The zero-order chi connectivity index (χ0) is 18.3. The van der Waals surface area contributed by atoms with Crippen molar-refractivity contribution < 1.29 is 31.9 Å². The fourth-order valence-electron chi connectivity index (χ4n) is 1.16. The van der Waals surface area contributed by atoms with Gasteiger partial charge in [0.15, 0.2) is 5.96 Å². The molecular formula is C9H12F3N5O5S. The molecule has 0 spiro atoms. The maximum absolute atomic E-state index is 12.2. The fraction of sp³-hybridized carbons (Fsp3) is 0.222. The third kappa shape index (κ3) is 8.30. The molecule has 0 saturated heterocycles. The molecule has 0 aliphatic carbocycles. The van der Waals surface area contributed by atoms with E-state index in [1.165, 1.54) is 22.9 Å². The summed E-state index contributed by atoms with van der Waals surface area (Å²) in [6.07, 6.45) is 0. The number of anilines is 1. The van der Waals surface area contributed by atoms with E-state index in [1.807, 2.05) is 0 Å². The van der Waals surface area contributed by atoms with Crippen molar-refractivity contribution in [3.8, 4) is 0 Å². The number of rotatable bonds is 4. The lowest BCUT2D eigenvalue weighted by Gasteiger charge is -2.11. The van der Waals surface area contributed by atoms with Crippen molar-refractivity contribution in [2.24, 2.45) is 5.73 Å². The summed E-state index contributed by atoms with van der Waals surface area (Å²) >= 11 is 0. The zero-order valence-electron chi connectivity index (χ0n) is 11.2. The van der Waals surface area contributed by atoms with Gasteiger partial charge in [-0.1, -0.05) is 12.1 Å². The normalized spacial score (nSPS) is 10.9. The minimum absolute atomic E-state index is 0.0942. The van der Waals surface area contributed by atoms with Gasteiger partial charge in [0.05, 0.1) is 0 Å². The van der Waals surface area contributed by atoms with Crippen molar-refractivity contribution in [2.45, 2.75) is 12.1 Å². The third-order valence-electron chi connectivity index (χ3n) is 1.97. The van der Waals surface area contributed by atoms with Crippen LogP contribution in [0.1, 0.15) is 5.56 Å². The van der Waals surface area contributed by atoms with Gasteiger partial charge in [-0.3, -0.25) is 10.1 Å². The minimum Gasteiger partial charge on any atom is -0.370 e. The maximum atomic E-state index is 12.2. The number of hydrogen-bond acceptors (Lipinski definition) is 5. The van der Waals surface area contributed by atoms with E-state index in [1.54, 1.807) is 6.07 Å². The molecule has 0 heterocycles. The highest BCUT2D eigenvalue weighted by Gasteiger charge is 2.46. The molecule has 10 nitrogen and oxygen atoms in total. The predicted molar refractivity (Wildman–Crippen MR) is 72.6 cm³/mol. The SMILES string of the molecule is N=C(N)NCc1cccc(NS(=O)(=O)C(F)(F)F)c1.O=[N+]([O-])O. The Balaban J connectivity index is 0.00000108. The average Bonchev–Trinajstić information content (AvgIpc) is 2.34. The summed E-state index contributed by atoms with van der Waals surface area (Å²) in [4.78, 5) is 8.36. The van der Waals surface area contributed by atoms with Crippen molar-refractivity contribution in [3.63, 3.8) is 0 Å². The lowest BCUT2D eigenvalue weighted by molar-refractivity contribution is -0.742. The fourth-order valence-corrected chi connectivity index (χ4v) is 1.71. The molecule has 1 rings (SSSR count). The Labute approximate surface area is 127 Å². The average molecular weight is 359 g/mol. The number of hydrogen-bond donors (Lipinski definition) is 5. The van der Waals surface area contributed by atoms with Crippen LogP contribution in [0.2, 0.25) is 0 Å². The van der Waals surface area contributed by atoms with Crippen molar-refractivity contribution >= 4 is 21.7 Å². The molecule has 0 aliphatic heterocycles. The van der Waals surface area contributed by atoms with Gasteiger partial charge in [-0.15, -0.1) is 10.1 Å². The lowest BCUT2D eigenvalue weighted by atomic mass is 10.2. The Kier molecular flexibility index (Phi) is 7.05. The number of nitrogens with two attached hydrogens (primary N) is 1. The first-order valence-corrected chi connectivity index (χ1v) is 6.92. The van der Waals surface area contributed by atoms with Crippen LogP contribution in [0, 0.1) is 15.5 Å². The van der Waals surface area contributed by atoms with E-state index in [4.69, 9.17) is 26.5 Å². The van der Waals surface area contributed by atoms with Crippen molar-refractivity contribution in [3.05, 3.63) is 39.9 Å². The van der Waals surface area contributed by atoms with E-state index in [9.17, 15) is 21.6 Å². The van der Waals surface area contributed by atoms with Crippen molar-refractivity contribution in [1.82, 2.24) is 5.32 Å². The summed E-state index contributed by atoms with van der Waals surface area (Å²) < 4.78 is 59.7. The number of guanidine groups is 1. The Morgan fingerprint density at radius 2 is 1.96 bits per heavy atom. The van der Waals surface area contributed by atoms with Crippen LogP contribution < -0.4 is 15.8 Å². The molecule has 1 aromatic carbocycles. The highest BCUT2D eigenvalue weighted by atomic mass is 32.2. The molecular weight excluding hydrogens is 347 g/mol. The monoisotopic (exact) mass is 359 g/mol. The largest absolute Gasteiger partial charge is 0.516 e. The van der Waals surface area contributed by atoms with Crippen LogP contribution in [0.3, 0.4) is 0 Å². The van der Waals surface area contributed by atoms with E-state index >= 15 is 0 Å². The van der Waals surface area contributed by atoms with Crippen LogP contribution in [-0.4, -0.2) is 30.2 Å². The smallest absolute Gasteiger partial charge is 0.370 e. The highest BCUT2D eigenvalue weighted by Crippen LogP contribution is 2.25. The van der Waals surface area contributed by atoms with E-state index in [2.05, 4.69) is 5.32 Å². The number of sulfonamides is 1. The Morgan fingerprint density at radius 3 is 2.39 bits per heavy atom. The Morgan fingerprint density at radius 1 is 1.43 bits per heavy atom. The number of halogens is 3. The second-order valence-electron chi connectivity index (χ2n) is 3.76. The van der Waals surface area contributed by atoms with Gasteiger partial charge in [0.2, 0.25) is 0 Å². The minimum atomic E-state index is -5.44. The van der Waals surface area contributed by atoms with Crippen LogP contribution in [-0.2, 0) is 16.6 Å². The molecule has 0 aliphatic rings. The molecule has 0 aromatic heterocycles. The second-order valence-corrected chi connectivity index (χ2v) is 5.43. The maximum Gasteiger partial charge on any atom is 0.516 e. The Bertz CT molecular complexity index is 660. The van der Waals surface area contributed by atoms with Crippen LogP contribution in [0.15, 0.2) is 24.3 Å². The number of nitrogens with zero attached hydrogens (tertiary/aromatic N) is 1. The molecule has 0 fully saturated rings. The quantitative estimate of drug-likeness (QED) is 0.226. The summed E-state index contributed by atoms with van der Waals surface area (Å²) in [6.45, 7) is 0.0942. The standard InChI is InChI=1S/C9H11F3N4O2S.HNO3/c10-9(11,12)19(17,18)16-7-3-1-2-6(4-7)5-15-8(13)14;2-1(3)4/h1-4,16H,5H2,(H4,13,14,15);(H,2,3,4). The molecule has 0 unspecified atom stereocenters. The first-order chi connectivity index (χ1) is 10.3. The molecule has 0 amide bonds. The first kappa shape index (κ1) is 20.2. The van der Waals surface area contributed by atoms with E-state index in [0.717, 1.165) is 0 Å². The molecule has 130 valence electrons. The number of alkyl halides is 3. The second kappa shape index (κ2) is 8.02. The molecule has 23 heavy (non-hydrogen) atoms. The van der Waals surface area contributed by atoms with Gasteiger partial charge >= 0.3 is 15.5 Å². The summed E-state index contributed by atoms with van der Waals surface area (Å²) in [5, 5.41) is 23.0. The van der Waals surface area contributed by atoms with E-state index in [-0.39, 0.29) is 18.2 Å². The molecule has 14 heteroatoms. The third-order valence-corrected chi connectivity index (χ3v) is 3.08. The number of benzene rings is 1. The molecule has 1 aromatic rings. The van der Waals surface area contributed by atoms with Gasteiger partial charge in [0.1, 0.15) is 0 Å². The van der Waals surface area contributed by atoms with Crippen molar-refractivity contribution in [1.29, 1.82) is 5.41 Å². The van der Waals surface area contributed by atoms with Gasteiger partial charge < -0.3 is 16.3 Å². The van der Waals surface area contributed by atoms with Gasteiger partial charge in [0, 0.05) is 12.2 Å². The van der Waals surface area contributed by atoms with Crippen LogP contribution >= 0.6 is 0 Å². The topological polar surface area (TPSA) is 171 Å². The zero-order valence-corrected chi connectivity index (χ0v) is 12.0. The summed E-state index contributed by atoms with van der Waals surface area (Å²) in [6, 6.07) is 5.31. The van der Waals surface area contributed by atoms with E-state index in [0.29, 0.717) is 5.56 Å². The highest BCUT2D eigenvalue weighted by molar-refractivity contribution is 7.93. The predicted octanol–water partition coefficient (Wildman–Crippen LogP) is 0.583. The van der Waals surface area contributed by atoms with Gasteiger partial charge in [-0.25, -0.2) is 0 Å². The van der Waals surface area contributed by atoms with E-state index < -0.39 is 20.6 Å². The molecule has 0 bridgehead atoms. The van der Waals surface area contributed by atoms with Crippen LogP contribution in [0.4, 0.5) is 18.9 Å². The molecule has 0 radical (unpaired) electrons. The van der Waals surface area contributed by atoms with Crippen LogP contribution in [0.25, 0.3) is 0 Å². The van der Waals surface area contributed by atoms with Gasteiger partial charge in [0.25, 0.3) is 5.09 Å². The molecule has 0 atom stereocenters. The van der Waals surface area contributed by atoms with Gasteiger partial charge in [-0.2, -0.15) is 21.6 Å². The summed E-state index contributed by atoms with van der Waals surface area (Å²) in [5.74, 6) is -0.304. The number of nitrogens with one attached hydrogen (secondary N) is 3. The molecule has 0 saturated carbocycles. The first-order valence-electron chi connectivity index (χ1n) is 5.44. The summed E-state index contributed by atoms with van der Waals surface area (Å²) in [7, 11) is -5.44. The lowest BCUT2D eigenvalue weighted by Crippen LogP contribution is -2.30. The molecule has 6 N–H and O–H groups in total.